The molecule has 1 aliphatic rings. The molecular weight excluding hydrogens is 237 g/mol. The van der Waals surface area contributed by atoms with Crippen molar-refractivity contribution in [3.63, 3.8) is 0 Å². The van der Waals surface area contributed by atoms with Crippen molar-refractivity contribution in [2.24, 2.45) is 0 Å². The van der Waals surface area contributed by atoms with Gasteiger partial charge in [-0.1, -0.05) is 6.07 Å². The van der Waals surface area contributed by atoms with Crippen LogP contribution in [0.2, 0.25) is 0 Å². The highest BCUT2D eigenvalue weighted by Crippen LogP contribution is 2.21. The molecule has 4 nitrogen and oxygen atoms in total. The molecule has 0 N–H and O–H groups in total. The van der Waals surface area contributed by atoms with E-state index in [4.69, 9.17) is 4.74 Å². The van der Waals surface area contributed by atoms with Crippen LogP contribution in [0.5, 0.6) is 5.75 Å². The third-order valence-electron chi connectivity index (χ3n) is 2.92. The fourth-order valence-corrected chi connectivity index (χ4v) is 1.96. The number of hydrogen-bond acceptors (Lipinski definition) is 3. The largest absolute Gasteiger partial charge is 0.480 e. The Bertz CT molecular complexity index is 456. The molecule has 1 aliphatic heterocycles. The van der Waals surface area contributed by atoms with Gasteiger partial charge in [0.1, 0.15) is 0 Å². The van der Waals surface area contributed by atoms with E-state index in [0.29, 0.717) is 6.29 Å². The molecule has 5 heteroatoms. The second kappa shape index (κ2) is 5.62. The maximum atomic E-state index is 13.5. The fraction of sp³-hybridized carbons (Fsp3) is 0.385. The highest BCUT2D eigenvalue weighted by atomic mass is 19.1. The number of likely N-dealkylation sites (tertiary alicyclic amines) is 1. The van der Waals surface area contributed by atoms with Gasteiger partial charge in [-0.3, -0.25) is 9.59 Å². The molecule has 1 aromatic rings. The van der Waals surface area contributed by atoms with Crippen molar-refractivity contribution in [3.8, 4) is 5.75 Å². The number of aldehydes is 1. The summed E-state index contributed by atoms with van der Waals surface area (Å²) in [6.07, 6.45) is 2.49. The number of halogens is 1. The first-order chi connectivity index (χ1) is 8.72. The molecule has 2 rings (SSSR count). The van der Waals surface area contributed by atoms with Gasteiger partial charge in [0.25, 0.3) is 5.91 Å². The topological polar surface area (TPSA) is 46.6 Å². The summed E-state index contributed by atoms with van der Waals surface area (Å²) in [7, 11) is 0. The summed E-state index contributed by atoms with van der Waals surface area (Å²) in [5.41, 5.74) is 0.115. The number of ether oxygens (including phenoxy) is 1. The second-order valence-corrected chi connectivity index (χ2v) is 4.15. The van der Waals surface area contributed by atoms with Gasteiger partial charge in [-0.05, 0) is 25.0 Å². The van der Waals surface area contributed by atoms with Crippen molar-refractivity contribution in [3.05, 3.63) is 29.6 Å². The maximum Gasteiger partial charge on any atom is 0.260 e. The highest BCUT2D eigenvalue weighted by Gasteiger charge is 2.19. The molecule has 0 spiro atoms. The lowest BCUT2D eigenvalue weighted by atomic mass is 10.2. The Labute approximate surface area is 104 Å². The van der Waals surface area contributed by atoms with Crippen molar-refractivity contribution in [2.75, 3.05) is 19.7 Å². The Morgan fingerprint density at radius 2 is 2.11 bits per heavy atom. The zero-order valence-electron chi connectivity index (χ0n) is 9.89. The van der Waals surface area contributed by atoms with Gasteiger partial charge in [0.15, 0.2) is 24.5 Å². The number of nitrogens with zero attached hydrogens (tertiary/aromatic N) is 1. The highest BCUT2D eigenvalue weighted by molar-refractivity contribution is 5.81. The smallest absolute Gasteiger partial charge is 0.260 e. The average molecular weight is 251 g/mol. The molecule has 1 saturated heterocycles. The van der Waals surface area contributed by atoms with Gasteiger partial charge in [-0.15, -0.1) is 0 Å². The number of hydrogen-bond donors (Lipinski definition) is 0. The van der Waals surface area contributed by atoms with Crippen LogP contribution in [0, 0.1) is 5.82 Å². The molecule has 0 radical (unpaired) electrons. The van der Waals surface area contributed by atoms with Gasteiger partial charge in [-0.25, -0.2) is 4.39 Å². The number of benzene rings is 1. The lowest BCUT2D eigenvalue weighted by Crippen LogP contribution is -2.32. The molecule has 1 heterocycles. The van der Waals surface area contributed by atoms with E-state index in [9.17, 15) is 14.0 Å². The van der Waals surface area contributed by atoms with Crippen LogP contribution >= 0.6 is 0 Å². The first kappa shape index (κ1) is 12.5. The Morgan fingerprint density at radius 3 is 2.78 bits per heavy atom. The van der Waals surface area contributed by atoms with Gasteiger partial charge in [-0.2, -0.15) is 0 Å². The van der Waals surface area contributed by atoms with Crippen molar-refractivity contribution in [2.45, 2.75) is 12.8 Å². The predicted octanol–water partition coefficient (Wildman–Crippen LogP) is 1.64. The van der Waals surface area contributed by atoms with Gasteiger partial charge < -0.3 is 9.64 Å². The minimum atomic E-state index is -0.631. The van der Waals surface area contributed by atoms with Gasteiger partial charge in [0.05, 0.1) is 5.56 Å². The van der Waals surface area contributed by atoms with Crippen LogP contribution in [0.4, 0.5) is 4.39 Å². The van der Waals surface area contributed by atoms with Crippen molar-refractivity contribution in [1.29, 1.82) is 0 Å². The van der Waals surface area contributed by atoms with Crippen LogP contribution in [-0.2, 0) is 4.79 Å². The van der Waals surface area contributed by atoms with Crippen LogP contribution in [0.15, 0.2) is 18.2 Å². The first-order valence-electron chi connectivity index (χ1n) is 5.86. The SMILES string of the molecule is O=Cc1cccc(F)c1OCC(=O)N1CCCC1. The molecular formula is C13H14FNO3. The fourth-order valence-electron chi connectivity index (χ4n) is 1.96. The average Bonchev–Trinajstić information content (AvgIpc) is 2.90. The summed E-state index contributed by atoms with van der Waals surface area (Å²) in [5, 5.41) is 0. The van der Waals surface area contributed by atoms with Crippen molar-refractivity contribution in [1.82, 2.24) is 4.90 Å². The van der Waals surface area contributed by atoms with E-state index >= 15 is 0 Å². The molecule has 0 atom stereocenters. The summed E-state index contributed by atoms with van der Waals surface area (Å²) in [6, 6.07) is 4.07. The summed E-state index contributed by atoms with van der Waals surface area (Å²) < 4.78 is 18.6. The van der Waals surface area contributed by atoms with Crippen LogP contribution in [-0.4, -0.2) is 36.8 Å². The van der Waals surface area contributed by atoms with Crippen molar-refractivity contribution >= 4 is 12.2 Å². The molecule has 0 aliphatic carbocycles. The van der Waals surface area contributed by atoms with E-state index in [-0.39, 0.29) is 23.8 Å². The molecule has 0 saturated carbocycles. The van der Waals surface area contributed by atoms with E-state index in [1.54, 1.807) is 4.90 Å². The third-order valence-corrected chi connectivity index (χ3v) is 2.92. The molecule has 0 bridgehead atoms. The maximum absolute atomic E-state index is 13.5. The number of amides is 1. The molecule has 0 unspecified atom stereocenters. The Morgan fingerprint density at radius 1 is 1.39 bits per heavy atom. The van der Waals surface area contributed by atoms with Gasteiger partial charge >= 0.3 is 0 Å². The van der Waals surface area contributed by atoms with Crippen molar-refractivity contribution < 1.29 is 18.7 Å². The molecule has 1 fully saturated rings. The molecule has 0 aromatic heterocycles. The zero-order valence-corrected chi connectivity index (χ0v) is 9.89. The number of rotatable bonds is 4. The Balaban J connectivity index is 2.01. The minimum absolute atomic E-state index is 0.115. The van der Waals surface area contributed by atoms with E-state index in [2.05, 4.69) is 0 Å². The summed E-state index contributed by atoms with van der Waals surface area (Å²) in [5.74, 6) is -0.957. The van der Waals surface area contributed by atoms with Gasteiger partial charge in [0.2, 0.25) is 0 Å². The summed E-state index contributed by atoms with van der Waals surface area (Å²) >= 11 is 0. The van der Waals surface area contributed by atoms with Gasteiger partial charge in [0, 0.05) is 13.1 Å². The third kappa shape index (κ3) is 2.67. The molecule has 18 heavy (non-hydrogen) atoms. The van der Waals surface area contributed by atoms with E-state index in [1.165, 1.54) is 18.2 Å². The lowest BCUT2D eigenvalue weighted by Gasteiger charge is -2.16. The predicted molar refractivity (Wildman–Crippen MR) is 63.1 cm³/mol. The summed E-state index contributed by atoms with van der Waals surface area (Å²) in [6.45, 7) is 1.21. The number of carbonyl (C=O) groups excluding carboxylic acids is 2. The van der Waals surface area contributed by atoms with E-state index < -0.39 is 5.82 Å². The number of carbonyl (C=O) groups is 2. The van der Waals surface area contributed by atoms with Crippen LogP contribution < -0.4 is 4.74 Å². The standard InChI is InChI=1S/C13H14FNO3/c14-11-5-3-4-10(8-16)13(11)18-9-12(17)15-6-1-2-7-15/h3-5,8H,1-2,6-7,9H2. The second-order valence-electron chi connectivity index (χ2n) is 4.15. The normalized spacial score (nSPS) is 14.6. The summed E-state index contributed by atoms with van der Waals surface area (Å²) in [4.78, 5) is 24.1. The zero-order chi connectivity index (χ0) is 13.0. The van der Waals surface area contributed by atoms with Crippen LogP contribution in [0.25, 0.3) is 0 Å². The minimum Gasteiger partial charge on any atom is -0.480 e. The van der Waals surface area contributed by atoms with E-state index in [0.717, 1.165) is 25.9 Å². The molecule has 1 aromatic carbocycles. The Hall–Kier alpha value is -1.91. The van der Waals surface area contributed by atoms with Crippen LogP contribution in [0.3, 0.4) is 0 Å². The number of para-hydroxylation sites is 1. The molecule has 1 amide bonds. The monoisotopic (exact) mass is 251 g/mol. The Kier molecular flexibility index (Phi) is 3.92. The molecule has 96 valence electrons. The van der Waals surface area contributed by atoms with Crippen LogP contribution in [0.1, 0.15) is 23.2 Å². The lowest BCUT2D eigenvalue weighted by molar-refractivity contribution is -0.132. The quantitative estimate of drug-likeness (QED) is 0.764. The van der Waals surface area contributed by atoms with E-state index in [1.807, 2.05) is 0 Å². The first-order valence-corrected chi connectivity index (χ1v) is 5.86.